The summed E-state index contributed by atoms with van der Waals surface area (Å²) in [5, 5.41) is 9.72. The van der Waals surface area contributed by atoms with E-state index in [2.05, 4.69) is 20.8 Å². The summed E-state index contributed by atoms with van der Waals surface area (Å²) in [5.74, 6) is -0.0151. The first-order valence-corrected chi connectivity index (χ1v) is 7.33. The van der Waals surface area contributed by atoms with Crippen LogP contribution in [-0.4, -0.2) is 18.0 Å². The van der Waals surface area contributed by atoms with Crippen molar-refractivity contribution in [3.8, 4) is 11.5 Å². The van der Waals surface area contributed by atoms with Crippen molar-refractivity contribution < 1.29 is 14.6 Å². The number of aromatic hydroxyl groups is 1. The van der Waals surface area contributed by atoms with Gasteiger partial charge < -0.3 is 9.84 Å². The average molecular weight is 319 g/mol. The third-order valence-corrected chi connectivity index (χ3v) is 3.80. The lowest BCUT2D eigenvalue weighted by Crippen LogP contribution is -2.11. The summed E-state index contributed by atoms with van der Waals surface area (Å²) < 4.78 is 5.16. The number of hydrogen-bond donors (Lipinski definition) is 1. The summed E-state index contributed by atoms with van der Waals surface area (Å²) in [6.45, 7) is 6.34. The zero-order valence-electron chi connectivity index (χ0n) is 13.1. The minimum absolute atomic E-state index is 0.0233. The van der Waals surface area contributed by atoms with Crippen molar-refractivity contribution in [3.05, 3.63) is 58.1 Å². The molecule has 2 aromatic carbocycles. The van der Waals surface area contributed by atoms with Crippen LogP contribution in [0.15, 0.2) is 36.4 Å². The molecule has 0 aliphatic rings. The molecule has 0 radical (unpaired) electrons. The molecule has 2 rings (SSSR count). The molecule has 22 heavy (non-hydrogen) atoms. The van der Waals surface area contributed by atoms with Gasteiger partial charge in [0, 0.05) is 11.6 Å². The molecule has 1 N–H and O–H groups in total. The van der Waals surface area contributed by atoms with Gasteiger partial charge in [-0.3, -0.25) is 4.79 Å². The fourth-order valence-electron chi connectivity index (χ4n) is 2.22. The third-order valence-electron chi connectivity index (χ3n) is 3.50. The van der Waals surface area contributed by atoms with Crippen molar-refractivity contribution in [1.82, 2.24) is 0 Å². The van der Waals surface area contributed by atoms with Crippen LogP contribution in [0.4, 0.5) is 0 Å². The number of carbonyl (C=O) groups is 1. The molecule has 2 aromatic rings. The summed E-state index contributed by atoms with van der Waals surface area (Å²) in [5.41, 5.74) is 1.95. The van der Waals surface area contributed by atoms with Gasteiger partial charge in [0.2, 0.25) is 0 Å². The topological polar surface area (TPSA) is 46.5 Å². The van der Waals surface area contributed by atoms with Crippen LogP contribution in [0.25, 0.3) is 0 Å². The summed E-state index contributed by atoms with van der Waals surface area (Å²) in [6, 6.07) is 10.2. The van der Waals surface area contributed by atoms with E-state index in [1.54, 1.807) is 12.1 Å². The average Bonchev–Trinajstić information content (AvgIpc) is 2.45. The second kappa shape index (κ2) is 6.01. The van der Waals surface area contributed by atoms with Gasteiger partial charge in [-0.05, 0) is 17.0 Å². The van der Waals surface area contributed by atoms with Crippen LogP contribution in [0.5, 0.6) is 11.5 Å². The molecule has 116 valence electrons. The lowest BCUT2D eigenvalue weighted by molar-refractivity contribution is 0.103. The van der Waals surface area contributed by atoms with E-state index in [0.717, 1.165) is 5.56 Å². The maximum Gasteiger partial charge on any atom is 0.198 e. The second-order valence-electron chi connectivity index (χ2n) is 6.16. The van der Waals surface area contributed by atoms with E-state index in [4.69, 9.17) is 16.3 Å². The van der Waals surface area contributed by atoms with Crippen LogP contribution in [0.1, 0.15) is 42.3 Å². The molecule has 3 nitrogen and oxygen atoms in total. The molecule has 0 heterocycles. The molecular formula is C18H19ClO3. The number of benzene rings is 2. The SMILES string of the molecule is COc1cc(O)cc(Cl)c1C(=O)c1ccc(C(C)(C)C)cc1. The number of ether oxygens (including phenoxy) is 1. The van der Waals surface area contributed by atoms with Crippen molar-refractivity contribution in [2.75, 3.05) is 7.11 Å². The molecule has 4 heteroatoms. The highest BCUT2D eigenvalue weighted by atomic mass is 35.5. The number of phenolic OH excluding ortho intramolecular Hbond substituents is 1. The zero-order chi connectivity index (χ0) is 16.5. The Morgan fingerprint density at radius 2 is 1.73 bits per heavy atom. The second-order valence-corrected chi connectivity index (χ2v) is 6.57. The van der Waals surface area contributed by atoms with Gasteiger partial charge in [-0.2, -0.15) is 0 Å². The van der Waals surface area contributed by atoms with Gasteiger partial charge in [0.25, 0.3) is 0 Å². The molecule has 0 spiro atoms. The van der Waals surface area contributed by atoms with Gasteiger partial charge >= 0.3 is 0 Å². The number of carbonyl (C=O) groups excluding carboxylic acids is 1. The van der Waals surface area contributed by atoms with Gasteiger partial charge in [0.1, 0.15) is 11.5 Å². The smallest absolute Gasteiger partial charge is 0.198 e. The summed E-state index contributed by atoms with van der Waals surface area (Å²) in [7, 11) is 1.44. The number of phenols is 1. The van der Waals surface area contributed by atoms with Gasteiger partial charge in [0.15, 0.2) is 5.78 Å². The molecule has 0 aliphatic carbocycles. The van der Waals surface area contributed by atoms with Crippen LogP contribution < -0.4 is 4.74 Å². The number of hydrogen-bond acceptors (Lipinski definition) is 3. The van der Waals surface area contributed by atoms with E-state index in [1.165, 1.54) is 19.2 Å². The molecular weight excluding hydrogens is 300 g/mol. The number of rotatable bonds is 3. The van der Waals surface area contributed by atoms with Crippen LogP contribution in [0, 0.1) is 0 Å². The highest BCUT2D eigenvalue weighted by molar-refractivity contribution is 6.35. The lowest BCUT2D eigenvalue weighted by Gasteiger charge is -2.19. The minimum Gasteiger partial charge on any atom is -0.508 e. The highest BCUT2D eigenvalue weighted by Crippen LogP contribution is 2.33. The maximum absolute atomic E-state index is 12.7. The minimum atomic E-state index is -0.234. The van der Waals surface area contributed by atoms with Crippen LogP contribution >= 0.6 is 11.6 Å². The molecule has 0 atom stereocenters. The van der Waals surface area contributed by atoms with E-state index in [9.17, 15) is 9.90 Å². The molecule has 0 saturated carbocycles. The van der Waals surface area contributed by atoms with Crippen LogP contribution in [-0.2, 0) is 5.41 Å². The molecule has 0 fully saturated rings. The predicted octanol–water partition coefficient (Wildman–Crippen LogP) is 4.58. The Morgan fingerprint density at radius 3 is 2.23 bits per heavy atom. The van der Waals surface area contributed by atoms with Crippen LogP contribution in [0.3, 0.4) is 0 Å². The van der Waals surface area contributed by atoms with E-state index < -0.39 is 0 Å². The Labute approximate surface area is 135 Å². The number of ketones is 1. The van der Waals surface area contributed by atoms with Crippen LogP contribution in [0.2, 0.25) is 5.02 Å². The fraction of sp³-hybridized carbons (Fsp3) is 0.278. The summed E-state index contributed by atoms with van der Waals surface area (Å²) in [6.07, 6.45) is 0. The Kier molecular flexibility index (Phi) is 4.47. The lowest BCUT2D eigenvalue weighted by atomic mass is 9.86. The third kappa shape index (κ3) is 3.25. The van der Waals surface area contributed by atoms with E-state index in [1.807, 2.05) is 12.1 Å². The zero-order valence-corrected chi connectivity index (χ0v) is 13.9. The number of halogens is 1. The normalized spacial score (nSPS) is 11.3. The summed E-state index contributed by atoms with van der Waals surface area (Å²) >= 11 is 6.10. The Balaban J connectivity index is 2.45. The van der Waals surface area contributed by atoms with Crippen molar-refractivity contribution in [2.24, 2.45) is 0 Å². The fourth-order valence-corrected chi connectivity index (χ4v) is 2.51. The first-order chi connectivity index (χ1) is 10.2. The van der Waals surface area contributed by atoms with E-state index in [-0.39, 0.29) is 33.3 Å². The largest absolute Gasteiger partial charge is 0.508 e. The molecule has 0 aromatic heterocycles. The predicted molar refractivity (Wildman–Crippen MR) is 88.2 cm³/mol. The maximum atomic E-state index is 12.7. The molecule has 0 saturated heterocycles. The number of methoxy groups -OCH3 is 1. The Morgan fingerprint density at radius 1 is 1.14 bits per heavy atom. The molecule has 0 unspecified atom stereocenters. The van der Waals surface area contributed by atoms with Gasteiger partial charge in [-0.1, -0.05) is 56.6 Å². The quantitative estimate of drug-likeness (QED) is 0.842. The molecule has 0 aliphatic heterocycles. The van der Waals surface area contributed by atoms with E-state index >= 15 is 0 Å². The van der Waals surface area contributed by atoms with Gasteiger partial charge in [-0.25, -0.2) is 0 Å². The standard InChI is InChI=1S/C18H19ClO3/c1-18(2,3)12-7-5-11(6-8-12)17(21)16-14(19)9-13(20)10-15(16)22-4/h5-10,20H,1-4H3. The van der Waals surface area contributed by atoms with E-state index in [0.29, 0.717) is 5.56 Å². The first-order valence-electron chi connectivity index (χ1n) is 6.96. The van der Waals surface area contributed by atoms with Gasteiger partial charge in [0.05, 0.1) is 17.7 Å². The highest BCUT2D eigenvalue weighted by Gasteiger charge is 2.20. The summed E-state index contributed by atoms with van der Waals surface area (Å²) in [4.78, 5) is 12.7. The van der Waals surface area contributed by atoms with Crippen molar-refractivity contribution in [3.63, 3.8) is 0 Å². The Hall–Kier alpha value is -2.00. The first kappa shape index (κ1) is 16.4. The van der Waals surface area contributed by atoms with Crippen molar-refractivity contribution in [2.45, 2.75) is 26.2 Å². The monoisotopic (exact) mass is 318 g/mol. The molecule has 0 bridgehead atoms. The molecule has 0 amide bonds. The van der Waals surface area contributed by atoms with Crippen molar-refractivity contribution >= 4 is 17.4 Å². The van der Waals surface area contributed by atoms with Crippen molar-refractivity contribution in [1.29, 1.82) is 0 Å². The van der Waals surface area contributed by atoms with Gasteiger partial charge in [-0.15, -0.1) is 0 Å². The Bertz CT molecular complexity index is 698.